The number of halogens is 1. The summed E-state index contributed by atoms with van der Waals surface area (Å²) >= 11 is 0. The van der Waals surface area contributed by atoms with Gasteiger partial charge in [-0.25, -0.2) is 4.39 Å². The average Bonchev–Trinajstić information content (AvgIpc) is 3.01. The molecular weight excluding hydrogens is 205 g/mol. The molecule has 0 spiro atoms. The van der Waals surface area contributed by atoms with Crippen LogP contribution in [0.25, 0.3) is 0 Å². The van der Waals surface area contributed by atoms with E-state index in [0.29, 0.717) is 0 Å². The number of benzene rings is 1. The largest absolute Gasteiger partial charge is 0.347 e. The quantitative estimate of drug-likeness (QED) is 0.773. The number of carbonyl (C=O) groups is 1. The first kappa shape index (κ1) is 10.9. The summed E-state index contributed by atoms with van der Waals surface area (Å²) in [4.78, 5) is 11.2. The highest BCUT2D eigenvalue weighted by Gasteiger charge is 2.43. The molecule has 0 heterocycles. The Labute approximate surface area is 94.2 Å². The molecule has 0 saturated heterocycles. The predicted octanol–water partition coefficient (Wildman–Crippen LogP) is 2.20. The second-order valence-electron chi connectivity index (χ2n) is 4.28. The lowest BCUT2D eigenvalue weighted by molar-refractivity contribution is -0.117. The van der Waals surface area contributed by atoms with Crippen molar-refractivity contribution in [3.8, 4) is 0 Å². The van der Waals surface area contributed by atoms with Crippen LogP contribution in [-0.2, 0) is 11.2 Å². The van der Waals surface area contributed by atoms with E-state index in [1.54, 1.807) is 12.1 Å². The molecule has 1 aliphatic rings. The van der Waals surface area contributed by atoms with E-state index in [-0.39, 0.29) is 17.3 Å². The molecule has 1 aromatic rings. The van der Waals surface area contributed by atoms with Crippen LogP contribution in [0.15, 0.2) is 36.9 Å². The zero-order valence-corrected chi connectivity index (χ0v) is 9.00. The normalized spacial score (nSPS) is 16.6. The maximum atomic E-state index is 12.7. The average molecular weight is 219 g/mol. The minimum absolute atomic E-state index is 0.122. The van der Waals surface area contributed by atoms with Crippen molar-refractivity contribution in [1.29, 1.82) is 0 Å². The van der Waals surface area contributed by atoms with E-state index in [0.717, 1.165) is 24.8 Å². The SMILES string of the molecule is C=CC(=O)NC1(Cc2ccc(F)cc2)CC1. The van der Waals surface area contributed by atoms with Gasteiger partial charge in [-0.2, -0.15) is 0 Å². The van der Waals surface area contributed by atoms with E-state index in [1.807, 2.05) is 0 Å². The molecule has 1 fully saturated rings. The summed E-state index contributed by atoms with van der Waals surface area (Å²) in [5.41, 5.74) is 0.923. The topological polar surface area (TPSA) is 29.1 Å². The molecule has 1 saturated carbocycles. The molecule has 16 heavy (non-hydrogen) atoms. The third-order valence-corrected chi connectivity index (χ3v) is 2.88. The van der Waals surface area contributed by atoms with E-state index < -0.39 is 0 Å². The van der Waals surface area contributed by atoms with Gasteiger partial charge in [0.1, 0.15) is 5.82 Å². The van der Waals surface area contributed by atoms with Gasteiger partial charge in [-0.05, 0) is 43.0 Å². The lowest BCUT2D eigenvalue weighted by Gasteiger charge is -2.16. The number of nitrogens with one attached hydrogen (secondary N) is 1. The molecule has 1 amide bonds. The zero-order chi connectivity index (χ0) is 11.6. The van der Waals surface area contributed by atoms with Crippen molar-refractivity contribution < 1.29 is 9.18 Å². The molecule has 2 rings (SSSR count). The van der Waals surface area contributed by atoms with Crippen molar-refractivity contribution in [3.63, 3.8) is 0 Å². The van der Waals surface area contributed by atoms with E-state index >= 15 is 0 Å². The minimum atomic E-state index is -0.233. The fourth-order valence-corrected chi connectivity index (χ4v) is 1.80. The Morgan fingerprint density at radius 3 is 2.56 bits per heavy atom. The van der Waals surface area contributed by atoms with E-state index in [2.05, 4.69) is 11.9 Å². The first-order chi connectivity index (χ1) is 7.63. The molecule has 0 aromatic heterocycles. The van der Waals surface area contributed by atoms with Crippen LogP contribution < -0.4 is 5.32 Å². The van der Waals surface area contributed by atoms with Crippen LogP contribution in [-0.4, -0.2) is 11.4 Å². The Balaban J connectivity index is 2.01. The van der Waals surface area contributed by atoms with E-state index in [9.17, 15) is 9.18 Å². The molecule has 0 aliphatic heterocycles. The summed E-state index contributed by atoms with van der Waals surface area (Å²) in [6.45, 7) is 3.43. The highest BCUT2D eigenvalue weighted by Crippen LogP contribution is 2.38. The fraction of sp³-hybridized carbons (Fsp3) is 0.308. The molecule has 0 atom stereocenters. The van der Waals surface area contributed by atoms with Crippen LogP contribution in [0.3, 0.4) is 0 Å². The molecule has 1 aromatic carbocycles. The zero-order valence-electron chi connectivity index (χ0n) is 9.00. The molecular formula is C13H14FNO. The number of rotatable bonds is 4. The summed E-state index contributed by atoms with van der Waals surface area (Å²) < 4.78 is 12.7. The van der Waals surface area contributed by atoms with Gasteiger partial charge >= 0.3 is 0 Å². The van der Waals surface area contributed by atoms with Gasteiger partial charge in [0, 0.05) is 5.54 Å². The second-order valence-corrected chi connectivity index (χ2v) is 4.28. The Morgan fingerprint density at radius 1 is 1.44 bits per heavy atom. The molecule has 1 aliphatic carbocycles. The van der Waals surface area contributed by atoms with Crippen molar-refractivity contribution in [2.24, 2.45) is 0 Å². The van der Waals surface area contributed by atoms with Crippen LogP contribution in [0.5, 0.6) is 0 Å². The molecule has 0 bridgehead atoms. The van der Waals surface area contributed by atoms with Gasteiger partial charge in [-0.1, -0.05) is 18.7 Å². The Bertz CT molecular complexity index is 406. The Morgan fingerprint density at radius 2 is 2.06 bits per heavy atom. The molecule has 1 N–H and O–H groups in total. The molecule has 2 nitrogen and oxygen atoms in total. The highest BCUT2D eigenvalue weighted by atomic mass is 19.1. The van der Waals surface area contributed by atoms with Gasteiger partial charge in [0.25, 0.3) is 0 Å². The van der Waals surface area contributed by atoms with Crippen molar-refractivity contribution in [2.75, 3.05) is 0 Å². The maximum Gasteiger partial charge on any atom is 0.243 e. The molecule has 0 radical (unpaired) electrons. The number of carbonyl (C=O) groups excluding carboxylic acids is 1. The van der Waals surface area contributed by atoms with Crippen LogP contribution in [0.2, 0.25) is 0 Å². The summed E-state index contributed by atoms with van der Waals surface area (Å²) in [6, 6.07) is 6.41. The number of amides is 1. The number of hydrogen-bond donors (Lipinski definition) is 1. The lowest BCUT2D eigenvalue weighted by atomic mass is 10.0. The van der Waals surface area contributed by atoms with Crippen molar-refractivity contribution in [3.05, 3.63) is 48.3 Å². The highest BCUT2D eigenvalue weighted by molar-refractivity contribution is 5.87. The van der Waals surface area contributed by atoms with Crippen LogP contribution >= 0.6 is 0 Å². The smallest absolute Gasteiger partial charge is 0.243 e. The lowest BCUT2D eigenvalue weighted by Crippen LogP contribution is -2.37. The van der Waals surface area contributed by atoms with Gasteiger partial charge < -0.3 is 5.32 Å². The summed E-state index contributed by atoms with van der Waals surface area (Å²) in [5, 5.41) is 2.93. The summed E-state index contributed by atoms with van der Waals surface area (Å²) in [7, 11) is 0. The van der Waals surface area contributed by atoms with Gasteiger partial charge in [-0.3, -0.25) is 4.79 Å². The molecule has 0 unspecified atom stereocenters. The predicted molar refractivity (Wildman–Crippen MR) is 60.4 cm³/mol. The van der Waals surface area contributed by atoms with Crippen molar-refractivity contribution >= 4 is 5.91 Å². The first-order valence-corrected chi connectivity index (χ1v) is 5.33. The summed E-state index contributed by atoms with van der Waals surface area (Å²) in [6.07, 6.45) is 3.99. The Kier molecular flexibility index (Phi) is 2.77. The summed E-state index contributed by atoms with van der Waals surface area (Å²) in [5.74, 6) is -0.372. The van der Waals surface area contributed by atoms with E-state index in [1.165, 1.54) is 18.2 Å². The van der Waals surface area contributed by atoms with Crippen LogP contribution in [0.1, 0.15) is 18.4 Å². The van der Waals surface area contributed by atoms with Gasteiger partial charge in [0.15, 0.2) is 0 Å². The first-order valence-electron chi connectivity index (χ1n) is 5.33. The minimum Gasteiger partial charge on any atom is -0.347 e. The van der Waals surface area contributed by atoms with Crippen molar-refractivity contribution in [1.82, 2.24) is 5.32 Å². The molecule has 84 valence electrons. The fourth-order valence-electron chi connectivity index (χ4n) is 1.80. The second kappa shape index (κ2) is 4.08. The Hall–Kier alpha value is -1.64. The van der Waals surface area contributed by atoms with E-state index in [4.69, 9.17) is 0 Å². The number of hydrogen-bond acceptors (Lipinski definition) is 1. The van der Waals surface area contributed by atoms with Gasteiger partial charge in [0.2, 0.25) is 5.91 Å². The van der Waals surface area contributed by atoms with Gasteiger partial charge in [0.05, 0.1) is 0 Å². The standard InChI is InChI=1S/C13H14FNO/c1-2-12(16)15-13(7-8-13)9-10-3-5-11(14)6-4-10/h2-6H,1,7-9H2,(H,15,16). The van der Waals surface area contributed by atoms with Crippen LogP contribution in [0.4, 0.5) is 4.39 Å². The van der Waals surface area contributed by atoms with Gasteiger partial charge in [-0.15, -0.1) is 0 Å². The molecule has 3 heteroatoms. The van der Waals surface area contributed by atoms with Crippen molar-refractivity contribution in [2.45, 2.75) is 24.8 Å². The van der Waals surface area contributed by atoms with Crippen LogP contribution in [0, 0.1) is 5.82 Å². The monoisotopic (exact) mass is 219 g/mol. The third-order valence-electron chi connectivity index (χ3n) is 2.88. The maximum absolute atomic E-state index is 12.7. The third kappa shape index (κ3) is 2.48.